The number of carbonyl (C=O) groups is 1. The van der Waals surface area contributed by atoms with Gasteiger partial charge in [0.1, 0.15) is 12.4 Å². The first kappa shape index (κ1) is 13.0. The molecule has 1 amide bonds. The van der Waals surface area contributed by atoms with Crippen molar-refractivity contribution in [1.82, 2.24) is 19.7 Å². The van der Waals surface area contributed by atoms with Gasteiger partial charge in [0.25, 0.3) is 0 Å². The molecular weight excluding hydrogens is 232 g/mol. The van der Waals surface area contributed by atoms with Crippen molar-refractivity contribution in [2.45, 2.75) is 33.2 Å². The van der Waals surface area contributed by atoms with Gasteiger partial charge in [0, 0.05) is 25.9 Å². The van der Waals surface area contributed by atoms with Gasteiger partial charge in [0.2, 0.25) is 5.91 Å². The highest BCUT2D eigenvalue weighted by atomic mass is 16.5. The van der Waals surface area contributed by atoms with Gasteiger partial charge in [0.05, 0.1) is 13.2 Å². The summed E-state index contributed by atoms with van der Waals surface area (Å²) in [5.41, 5.74) is 0. The van der Waals surface area contributed by atoms with Crippen molar-refractivity contribution in [3.63, 3.8) is 0 Å². The molecule has 0 spiro atoms. The fourth-order valence-electron chi connectivity index (χ4n) is 2.00. The highest BCUT2D eigenvalue weighted by Gasteiger charge is 2.19. The minimum Gasteiger partial charge on any atom is -0.378 e. The van der Waals surface area contributed by atoms with Crippen molar-refractivity contribution in [2.75, 3.05) is 26.3 Å². The van der Waals surface area contributed by atoms with Crippen molar-refractivity contribution in [3.05, 3.63) is 11.6 Å². The number of ether oxygens (including phenoxy) is 1. The van der Waals surface area contributed by atoms with Gasteiger partial charge in [-0.3, -0.25) is 4.79 Å². The average molecular weight is 252 g/mol. The van der Waals surface area contributed by atoms with Crippen LogP contribution in [0.2, 0.25) is 0 Å². The maximum atomic E-state index is 12.1. The lowest BCUT2D eigenvalue weighted by Gasteiger charge is -2.26. The van der Waals surface area contributed by atoms with Gasteiger partial charge in [-0.15, -0.1) is 0 Å². The molecule has 0 aliphatic carbocycles. The molecule has 6 nitrogen and oxygen atoms in total. The fourth-order valence-corrected chi connectivity index (χ4v) is 2.00. The monoisotopic (exact) mass is 252 g/mol. The largest absolute Gasteiger partial charge is 0.378 e. The topological polar surface area (TPSA) is 60.2 Å². The van der Waals surface area contributed by atoms with Crippen LogP contribution in [0.25, 0.3) is 0 Å². The van der Waals surface area contributed by atoms with Crippen molar-refractivity contribution in [3.8, 4) is 0 Å². The summed E-state index contributed by atoms with van der Waals surface area (Å²) in [7, 11) is 0. The summed E-state index contributed by atoms with van der Waals surface area (Å²) in [6.07, 6.45) is 1.59. The Kier molecular flexibility index (Phi) is 4.30. The molecule has 2 heterocycles. The molecule has 1 aliphatic heterocycles. The van der Waals surface area contributed by atoms with Gasteiger partial charge in [-0.05, 0) is 0 Å². The van der Waals surface area contributed by atoms with Crippen LogP contribution in [0, 0.1) is 0 Å². The zero-order chi connectivity index (χ0) is 13.0. The Labute approximate surface area is 107 Å². The number of nitrogens with zero attached hydrogens (tertiary/aromatic N) is 4. The van der Waals surface area contributed by atoms with Crippen LogP contribution in [-0.2, 0) is 28.9 Å². The van der Waals surface area contributed by atoms with Gasteiger partial charge in [0.15, 0.2) is 5.82 Å². The Bertz CT molecular complexity index is 410. The Balaban J connectivity index is 2.03. The van der Waals surface area contributed by atoms with Crippen molar-refractivity contribution in [1.29, 1.82) is 0 Å². The molecule has 6 heteroatoms. The number of carbonyl (C=O) groups excluding carboxylic acids is 1. The minimum absolute atomic E-state index is 0.0977. The van der Waals surface area contributed by atoms with E-state index in [1.807, 2.05) is 18.7 Å². The normalized spacial score (nSPS) is 16.0. The van der Waals surface area contributed by atoms with Crippen LogP contribution in [-0.4, -0.2) is 51.9 Å². The Morgan fingerprint density at radius 3 is 2.61 bits per heavy atom. The third-order valence-corrected chi connectivity index (χ3v) is 3.07. The lowest BCUT2D eigenvalue weighted by molar-refractivity contribution is -0.136. The summed E-state index contributed by atoms with van der Waals surface area (Å²) in [6.45, 7) is 6.94. The molecule has 0 aromatic carbocycles. The second kappa shape index (κ2) is 5.95. The maximum Gasteiger partial charge on any atom is 0.244 e. The van der Waals surface area contributed by atoms with Crippen LogP contribution >= 0.6 is 0 Å². The van der Waals surface area contributed by atoms with Crippen molar-refractivity contribution >= 4 is 5.91 Å². The second-order valence-corrected chi connectivity index (χ2v) is 4.30. The molecular formula is C12H20N4O2. The van der Waals surface area contributed by atoms with Crippen LogP contribution in [0.3, 0.4) is 0 Å². The third kappa shape index (κ3) is 2.87. The van der Waals surface area contributed by atoms with E-state index in [-0.39, 0.29) is 12.5 Å². The smallest absolute Gasteiger partial charge is 0.244 e. The summed E-state index contributed by atoms with van der Waals surface area (Å²) < 4.78 is 6.97. The molecule has 1 aliphatic rings. The number of hydrogen-bond donors (Lipinski definition) is 0. The maximum absolute atomic E-state index is 12.1. The predicted octanol–water partition coefficient (Wildman–Crippen LogP) is 0.262. The van der Waals surface area contributed by atoms with Gasteiger partial charge in [-0.2, -0.15) is 5.10 Å². The first-order chi connectivity index (χ1) is 8.74. The Hall–Kier alpha value is -1.43. The summed E-state index contributed by atoms with van der Waals surface area (Å²) in [5, 5.41) is 4.36. The number of amides is 1. The van der Waals surface area contributed by atoms with Crippen LogP contribution in [0.15, 0.2) is 0 Å². The molecule has 0 atom stereocenters. The lowest BCUT2D eigenvalue weighted by atomic mass is 10.4. The van der Waals surface area contributed by atoms with Crippen LogP contribution in [0.4, 0.5) is 0 Å². The molecule has 100 valence electrons. The average Bonchev–Trinajstić information content (AvgIpc) is 2.82. The van der Waals surface area contributed by atoms with E-state index < -0.39 is 0 Å². The zero-order valence-electron chi connectivity index (χ0n) is 11.1. The summed E-state index contributed by atoms with van der Waals surface area (Å²) in [5.74, 6) is 1.79. The van der Waals surface area contributed by atoms with Crippen molar-refractivity contribution in [2.24, 2.45) is 0 Å². The standard InChI is InChI=1S/C12H20N4O2/c1-3-10-13-11(4-2)16(14-10)9-12(17)15-5-7-18-8-6-15/h3-9H2,1-2H3. The first-order valence-corrected chi connectivity index (χ1v) is 6.52. The van der Waals surface area contributed by atoms with E-state index >= 15 is 0 Å². The number of aromatic nitrogens is 3. The number of aryl methyl sites for hydroxylation is 2. The van der Waals surface area contributed by atoms with E-state index in [1.54, 1.807) is 4.68 Å². The SMILES string of the molecule is CCc1nc(CC)n(CC(=O)N2CCOCC2)n1. The molecule has 0 radical (unpaired) electrons. The molecule has 18 heavy (non-hydrogen) atoms. The van der Waals surface area contributed by atoms with Crippen LogP contribution in [0.1, 0.15) is 25.5 Å². The molecule has 0 unspecified atom stereocenters. The van der Waals surface area contributed by atoms with E-state index in [0.717, 1.165) is 24.5 Å². The van der Waals surface area contributed by atoms with E-state index in [0.29, 0.717) is 26.3 Å². The second-order valence-electron chi connectivity index (χ2n) is 4.30. The molecule has 0 saturated carbocycles. The first-order valence-electron chi connectivity index (χ1n) is 6.52. The Morgan fingerprint density at radius 1 is 1.28 bits per heavy atom. The van der Waals surface area contributed by atoms with E-state index in [2.05, 4.69) is 10.1 Å². The van der Waals surface area contributed by atoms with Crippen LogP contribution < -0.4 is 0 Å². The molecule has 1 aromatic rings. The van der Waals surface area contributed by atoms with E-state index in [4.69, 9.17) is 4.74 Å². The van der Waals surface area contributed by atoms with Gasteiger partial charge in [-0.1, -0.05) is 13.8 Å². The van der Waals surface area contributed by atoms with E-state index in [9.17, 15) is 4.79 Å². The molecule has 1 fully saturated rings. The summed E-state index contributed by atoms with van der Waals surface area (Å²) in [4.78, 5) is 18.3. The molecule has 0 N–H and O–H groups in total. The highest BCUT2D eigenvalue weighted by Crippen LogP contribution is 2.04. The summed E-state index contributed by atoms with van der Waals surface area (Å²) >= 11 is 0. The predicted molar refractivity (Wildman–Crippen MR) is 66.2 cm³/mol. The lowest BCUT2D eigenvalue weighted by Crippen LogP contribution is -2.42. The molecule has 0 bridgehead atoms. The minimum atomic E-state index is 0.0977. The van der Waals surface area contributed by atoms with Crippen LogP contribution in [0.5, 0.6) is 0 Å². The molecule has 2 rings (SSSR count). The van der Waals surface area contributed by atoms with Crippen molar-refractivity contribution < 1.29 is 9.53 Å². The number of hydrogen-bond acceptors (Lipinski definition) is 4. The van der Waals surface area contributed by atoms with E-state index in [1.165, 1.54) is 0 Å². The summed E-state index contributed by atoms with van der Waals surface area (Å²) in [6, 6.07) is 0. The Morgan fingerprint density at radius 2 is 2.00 bits per heavy atom. The molecule has 1 aromatic heterocycles. The van der Waals surface area contributed by atoms with Gasteiger partial charge in [-0.25, -0.2) is 9.67 Å². The number of rotatable bonds is 4. The van der Waals surface area contributed by atoms with Gasteiger partial charge >= 0.3 is 0 Å². The number of morpholine rings is 1. The highest BCUT2D eigenvalue weighted by molar-refractivity contribution is 5.76. The zero-order valence-corrected chi connectivity index (χ0v) is 11.1. The third-order valence-electron chi connectivity index (χ3n) is 3.07. The fraction of sp³-hybridized carbons (Fsp3) is 0.750. The van der Waals surface area contributed by atoms with Gasteiger partial charge < -0.3 is 9.64 Å². The quantitative estimate of drug-likeness (QED) is 0.771. The molecule has 1 saturated heterocycles.